The van der Waals surface area contributed by atoms with Crippen LogP contribution in [-0.4, -0.2) is 31.2 Å². The first-order valence-electron chi connectivity index (χ1n) is 7.41. The number of carbonyl (C=O) groups excluding carboxylic acids is 1. The fourth-order valence-electron chi connectivity index (χ4n) is 2.80. The van der Waals surface area contributed by atoms with Crippen LogP contribution in [0.5, 0.6) is 11.5 Å². The molecule has 1 aromatic carbocycles. The first-order chi connectivity index (χ1) is 11.0. The molecule has 1 aromatic rings. The van der Waals surface area contributed by atoms with Crippen LogP contribution < -0.4 is 14.8 Å². The number of hydrogen-bond acceptors (Lipinski definition) is 4. The van der Waals surface area contributed by atoms with Crippen LogP contribution >= 0.6 is 11.6 Å². The molecule has 1 fully saturated rings. The molecule has 0 spiro atoms. The second-order valence-electron chi connectivity index (χ2n) is 5.56. The van der Waals surface area contributed by atoms with Crippen LogP contribution in [0.1, 0.15) is 25.7 Å². The highest BCUT2D eigenvalue weighted by molar-refractivity contribution is 6.32. The van der Waals surface area contributed by atoms with Gasteiger partial charge in [-0.05, 0) is 31.7 Å². The molecule has 126 valence electrons. The van der Waals surface area contributed by atoms with Crippen molar-refractivity contribution in [2.75, 3.05) is 19.5 Å². The maximum Gasteiger partial charge on any atom is 0.306 e. The summed E-state index contributed by atoms with van der Waals surface area (Å²) in [5.74, 6) is -0.552. The van der Waals surface area contributed by atoms with Gasteiger partial charge in [0.1, 0.15) is 11.5 Å². The van der Waals surface area contributed by atoms with Crippen molar-refractivity contribution in [1.29, 1.82) is 0 Å². The Morgan fingerprint density at radius 3 is 2.17 bits per heavy atom. The molecule has 0 heterocycles. The van der Waals surface area contributed by atoms with Crippen molar-refractivity contribution in [3.63, 3.8) is 0 Å². The predicted molar refractivity (Wildman–Crippen MR) is 86.3 cm³/mol. The Labute approximate surface area is 139 Å². The molecule has 0 atom stereocenters. The molecular weight excluding hydrogens is 322 g/mol. The molecule has 2 rings (SSSR count). The summed E-state index contributed by atoms with van der Waals surface area (Å²) in [6.45, 7) is 0. The van der Waals surface area contributed by atoms with E-state index in [1.165, 1.54) is 14.2 Å². The number of benzene rings is 1. The number of rotatable bonds is 5. The first-order valence-corrected chi connectivity index (χ1v) is 7.79. The number of anilines is 1. The lowest BCUT2D eigenvalue weighted by Crippen LogP contribution is -2.29. The molecule has 1 aliphatic rings. The summed E-state index contributed by atoms with van der Waals surface area (Å²) in [5, 5.41) is 12.2. The molecule has 0 bridgehead atoms. The number of hydrogen-bond donors (Lipinski definition) is 2. The fraction of sp³-hybridized carbons (Fsp3) is 0.500. The summed E-state index contributed by atoms with van der Waals surface area (Å²) < 4.78 is 10.4. The number of amides is 1. The minimum atomic E-state index is -0.785. The SMILES string of the molecule is COc1cc(OC)c(NC(=O)C2CCC(C(=O)O)CC2)cc1Cl. The van der Waals surface area contributed by atoms with Gasteiger partial charge in [-0.1, -0.05) is 11.6 Å². The van der Waals surface area contributed by atoms with Gasteiger partial charge in [-0.3, -0.25) is 9.59 Å². The summed E-state index contributed by atoms with van der Waals surface area (Å²) in [6, 6.07) is 3.19. The van der Waals surface area contributed by atoms with Crippen molar-refractivity contribution in [1.82, 2.24) is 0 Å². The van der Waals surface area contributed by atoms with Crippen molar-refractivity contribution in [3.05, 3.63) is 17.2 Å². The maximum absolute atomic E-state index is 12.4. The van der Waals surface area contributed by atoms with Crippen molar-refractivity contribution in [2.24, 2.45) is 11.8 Å². The van der Waals surface area contributed by atoms with Crippen molar-refractivity contribution in [3.8, 4) is 11.5 Å². The molecule has 23 heavy (non-hydrogen) atoms. The topological polar surface area (TPSA) is 84.9 Å². The van der Waals surface area contributed by atoms with E-state index in [2.05, 4.69) is 5.32 Å². The standard InChI is InChI=1S/C16H20ClNO5/c1-22-13-8-14(23-2)12(7-11(13)17)18-15(19)9-3-5-10(6-4-9)16(20)21/h7-10H,3-6H2,1-2H3,(H,18,19)(H,20,21). The van der Waals surface area contributed by atoms with Crippen LogP contribution in [0.3, 0.4) is 0 Å². The lowest BCUT2D eigenvalue weighted by atomic mass is 9.81. The highest BCUT2D eigenvalue weighted by atomic mass is 35.5. The molecule has 0 radical (unpaired) electrons. The number of ether oxygens (including phenoxy) is 2. The molecule has 0 unspecified atom stereocenters. The van der Waals surface area contributed by atoms with Crippen LogP contribution in [0.25, 0.3) is 0 Å². The van der Waals surface area contributed by atoms with Crippen molar-refractivity contribution < 1.29 is 24.2 Å². The minimum Gasteiger partial charge on any atom is -0.495 e. The molecule has 0 aromatic heterocycles. The second-order valence-corrected chi connectivity index (χ2v) is 5.97. The Hall–Kier alpha value is -1.95. The number of aliphatic carboxylic acids is 1. The predicted octanol–water partition coefficient (Wildman–Crippen LogP) is 3.19. The van der Waals surface area contributed by atoms with E-state index < -0.39 is 5.97 Å². The molecule has 2 N–H and O–H groups in total. The molecule has 7 heteroatoms. The summed E-state index contributed by atoms with van der Waals surface area (Å²) in [5.41, 5.74) is 0.476. The van der Waals surface area contributed by atoms with Crippen LogP contribution in [-0.2, 0) is 9.59 Å². The third-order valence-electron chi connectivity index (χ3n) is 4.18. The van der Waals surface area contributed by atoms with Gasteiger partial charge < -0.3 is 19.9 Å². The van der Waals surface area contributed by atoms with E-state index >= 15 is 0 Å². The van der Waals surface area contributed by atoms with Gasteiger partial charge in [0, 0.05) is 12.0 Å². The molecule has 1 amide bonds. The monoisotopic (exact) mass is 341 g/mol. The Kier molecular flexibility index (Phi) is 5.71. The number of nitrogens with one attached hydrogen (secondary N) is 1. The Bertz CT molecular complexity index is 596. The van der Waals surface area contributed by atoms with Gasteiger partial charge in [0.05, 0.1) is 30.8 Å². The van der Waals surface area contributed by atoms with E-state index in [4.69, 9.17) is 26.2 Å². The van der Waals surface area contributed by atoms with Gasteiger partial charge in [0.2, 0.25) is 5.91 Å². The van der Waals surface area contributed by atoms with Gasteiger partial charge in [0.15, 0.2) is 0 Å². The maximum atomic E-state index is 12.4. The van der Waals surface area contributed by atoms with E-state index in [9.17, 15) is 9.59 Å². The van der Waals surface area contributed by atoms with Gasteiger partial charge in [-0.2, -0.15) is 0 Å². The van der Waals surface area contributed by atoms with E-state index in [0.29, 0.717) is 47.9 Å². The second kappa shape index (κ2) is 7.55. The quantitative estimate of drug-likeness (QED) is 0.859. The number of carboxylic acid groups (broad SMARTS) is 1. The number of carbonyl (C=O) groups is 2. The van der Waals surface area contributed by atoms with E-state index in [0.717, 1.165) is 0 Å². The normalized spacial score (nSPS) is 20.7. The molecular formula is C16H20ClNO5. The summed E-state index contributed by atoms with van der Waals surface area (Å²) in [7, 11) is 3.00. The van der Waals surface area contributed by atoms with Gasteiger partial charge in [-0.15, -0.1) is 0 Å². The molecule has 6 nitrogen and oxygen atoms in total. The van der Waals surface area contributed by atoms with Crippen LogP contribution in [0, 0.1) is 11.8 Å². The van der Waals surface area contributed by atoms with Gasteiger partial charge in [-0.25, -0.2) is 0 Å². The van der Waals surface area contributed by atoms with Gasteiger partial charge >= 0.3 is 5.97 Å². The van der Waals surface area contributed by atoms with Crippen molar-refractivity contribution >= 4 is 29.2 Å². The van der Waals surface area contributed by atoms with Crippen molar-refractivity contribution in [2.45, 2.75) is 25.7 Å². The zero-order chi connectivity index (χ0) is 17.0. The Morgan fingerprint density at radius 2 is 1.65 bits per heavy atom. The molecule has 0 saturated heterocycles. The Balaban J connectivity index is 2.06. The summed E-state index contributed by atoms with van der Waals surface area (Å²) in [6.07, 6.45) is 2.17. The zero-order valence-corrected chi connectivity index (χ0v) is 13.9. The highest BCUT2D eigenvalue weighted by Crippen LogP contribution is 2.37. The highest BCUT2D eigenvalue weighted by Gasteiger charge is 2.30. The molecule has 0 aliphatic heterocycles. The number of halogens is 1. The largest absolute Gasteiger partial charge is 0.495 e. The number of carboxylic acids is 1. The fourth-order valence-corrected chi connectivity index (χ4v) is 3.04. The lowest BCUT2D eigenvalue weighted by Gasteiger charge is -2.25. The average Bonchev–Trinajstić information content (AvgIpc) is 2.55. The van der Waals surface area contributed by atoms with E-state index in [-0.39, 0.29) is 17.7 Å². The smallest absolute Gasteiger partial charge is 0.306 e. The summed E-state index contributed by atoms with van der Waals surface area (Å²) >= 11 is 6.08. The van der Waals surface area contributed by atoms with E-state index in [1.54, 1.807) is 12.1 Å². The Morgan fingerprint density at radius 1 is 1.09 bits per heavy atom. The van der Waals surface area contributed by atoms with Gasteiger partial charge in [0.25, 0.3) is 0 Å². The molecule has 1 saturated carbocycles. The third-order valence-corrected chi connectivity index (χ3v) is 4.47. The van der Waals surface area contributed by atoms with Crippen LogP contribution in [0.2, 0.25) is 5.02 Å². The zero-order valence-electron chi connectivity index (χ0n) is 13.1. The van der Waals surface area contributed by atoms with E-state index in [1.807, 2.05) is 0 Å². The minimum absolute atomic E-state index is 0.145. The third kappa shape index (κ3) is 4.07. The summed E-state index contributed by atoms with van der Waals surface area (Å²) in [4.78, 5) is 23.3. The lowest BCUT2D eigenvalue weighted by molar-refractivity contribution is -0.143. The number of methoxy groups -OCH3 is 2. The van der Waals surface area contributed by atoms with Crippen LogP contribution in [0.15, 0.2) is 12.1 Å². The first kappa shape index (κ1) is 17.4. The average molecular weight is 342 g/mol. The molecule has 1 aliphatic carbocycles. The van der Waals surface area contributed by atoms with Crippen LogP contribution in [0.4, 0.5) is 5.69 Å².